The number of nitrogens with zero attached hydrogens (tertiary/aromatic N) is 4. The lowest BCUT2D eigenvalue weighted by molar-refractivity contribution is -0.390. The summed E-state index contributed by atoms with van der Waals surface area (Å²) >= 11 is 6.05. The molecule has 28 heavy (non-hydrogen) atoms. The summed E-state index contributed by atoms with van der Waals surface area (Å²) < 4.78 is 5.76. The van der Waals surface area contributed by atoms with Gasteiger partial charge >= 0.3 is 11.6 Å². The third-order valence-corrected chi connectivity index (χ3v) is 3.82. The number of aromatic nitrogens is 2. The molecule has 0 unspecified atom stereocenters. The maximum atomic E-state index is 10.8. The molecule has 2 heterocycles. The maximum absolute atomic E-state index is 10.8. The van der Waals surface area contributed by atoms with Crippen LogP contribution in [0.15, 0.2) is 21.3 Å². The number of ether oxygens (including phenoxy) is 1. The Labute approximate surface area is 175 Å². The van der Waals surface area contributed by atoms with Gasteiger partial charge in [-0.15, -0.1) is 0 Å². The van der Waals surface area contributed by atoms with Gasteiger partial charge in [-0.25, -0.2) is 0 Å². The van der Waals surface area contributed by atoms with Crippen molar-refractivity contribution in [2.24, 2.45) is 0 Å². The summed E-state index contributed by atoms with van der Waals surface area (Å²) in [5.74, 6) is -1.49. The quantitative estimate of drug-likeness (QED) is 0.350. The zero-order valence-corrected chi connectivity index (χ0v) is 18.0. The minimum atomic E-state index is -0.729. The molecule has 11 nitrogen and oxygen atoms in total. The van der Waals surface area contributed by atoms with E-state index in [1.807, 2.05) is 0 Å². The fourth-order valence-electron chi connectivity index (χ4n) is 1.82. The molecule has 0 atom stereocenters. The molecule has 0 saturated heterocycles. The number of ketones is 1. The van der Waals surface area contributed by atoms with E-state index in [1.54, 1.807) is 19.9 Å². The van der Waals surface area contributed by atoms with E-state index < -0.39 is 21.5 Å². The largest absolute Gasteiger partial charge is 0.501 e. The summed E-state index contributed by atoms with van der Waals surface area (Å²) in [6.07, 6.45) is 0. The Morgan fingerprint density at radius 3 is 2.00 bits per heavy atom. The van der Waals surface area contributed by atoms with E-state index in [2.05, 4.69) is 41.8 Å². The normalized spacial score (nSPS) is 9.89. The highest BCUT2D eigenvalue weighted by molar-refractivity contribution is 9.10. The zero-order valence-electron chi connectivity index (χ0n) is 14.8. The standard InChI is InChI=1S/C9H9BrN2O4.C6H5BrN2O3/c1-5-3-7(10)11-9(12(14)15)8(5)16-4-6(2)13;1-3-2-4(7)8-6(5(3)10)9(11)12/h3H,4H2,1-2H3;2,10H,1H3. The number of halogens is 2. The van der Waals surface area contributed by atoms with E-state index in [0.717, 1.165) is 0 Å². The van der Waals surface area contributed by atoms with E-state index in [4.69, 9.17) is 9.84 Å². The molecule has 0 aliphatic rings. The molecule has 0 fully saturated rings. The molecule has 0 radical (unpaired) electrons. The van der Waals surface area contributed by atoms with Crippen LogP contribution in [0.3, 0.4) is 0 Å². The molecule has 2 aromatic rings. The van der Waals surface area contributed by atoms with Crippen LogP contribution in [-0.2, 0) is 4.79 Å². The Kier molecular flexibility index (Phi) is 8.37. The highest BCUT2D eigenvalue weighted by Crippen LogP contribution is 2.31. The SMILES string of the molecule is CC(=O)COc1c(C)cc(Br)nc1[N+](=O)[O-].Cc1cc(Br)nc([N+](=O)[O-])c1O. The highest BCUT2D eigenvalue weighted by Gasteiger charge is 2.22. The molecular weight excluding hydrogens is 508 g/mol. The number of hydrogen-bond donors (Lipinski definition) is 1. The second-order valence-corrected chi connectivity index (χ2v) is 6.98. The van der Waals surface area contributed by atoms with E-state index in [0.29, 0.717) is 20.3 Å². The van der Waals surface area contributed by atoms with Crippen molar-refractivity contribution < 1.29 is 24.5 Å². The van der Waals surface area contributed by atoms with Gasteiger partial charge in [0, 0.05) is 55.1 Å². The van der Waals surface area contributed by atoms with Crippen molar-refractivity contribution >= 4 is 49.3 Å². The summed E-state index contributed by atoms with van der Waals surface area (Å²) in [6.45, 7) is 4.35. The number of hydrogen-bond acceptors (Lipinski definition) is 9. The van der Waals surface area contributed by atoms with Gasteiger partial charge in [-0.3, -0.25) is 4.79 Å². The minimum absolute atomic E-state index is 0.0309. The molecular formula is C15H14Br2N4O7. The number of carbonyl (C=O) groups excluding carboxylic acids is 1. The van der Waals surface area contributed by atoms with Crippen LogP contribution >= 0.6 is 31.9 Å². The molecule has 0 bridgehead atoms. The summed E-state index contributed by atoms with van der Waals surface area (Å²) in [5.41, 5.74) is 0.971. The van der Waals surface area contributed by atoms with Crippen LogP contribution in [0, 0.1) is 34.1 Å². The van der Waals surface area contributed by atoms with Crippen LogP contribution in [0.5, 0.6) is 11.5 Å². The maximum Gasteiger partial charge on any atom is 0.407 e. The van der Waals surface area contributed by atoms with Gasteiger partial charge < -0.3 is 30.1 Å². The van der Waals surface area contributed by atoms with Crippen LogP contribution in [0.1, 0.15) is 18.1 Å². The Morgan fingerprint density at radius 2 is 1.54 bits per heavy atom. The van der Waals surface area contributed by atoms with Gasteiger partial charge in [0.15, 0.2) is 5.78 Å². The fourth-order valence-corrected chi connectivity index (χ4v) is 2.84. The number of Topliss-reactive ketones (excluding diaryl/α,β-unsaturated/α-hetero) is 1. The molecule has 0 saturated carbocycles. The number of aromatic hydroxyl groups is 1. The van der Waals surface area contributed by atoms with Crippen LogP contribution in [0.25, 0.3) is 0 Å². The van der Waals surface area contributed by atoms with E-state index in [-0.39, 0.29) is 23.9 Å². The lowest BCUT2D eigenvalue weighted by atomic mass is 10.2. The highest BCUT2D eigenvalue weighted by atomic mass is 79.9. The third-order valence-electron chi connectivity index (χ3n) is 3.01. The first-order chi connectivity index (χ1) is 12.9. The van der Waals surface area contributed by atoms with Crippen molar-refractivity contribution in [1.29, 1.82) is 0 Å². The molecule has 0 aliphatic heterocycles. The second-order valence-electron chi connectivity index (χ2n) is 5.35. The van der Waals surface area contributed by atoms with Crippen LogP contribution in [-0.4, -0.2) is 37.3 Å². The van der Waals surface area contributed by atoms with Crippen LogP contribution in [0.2, 0.25) is 0 Å². The molecule has 0 aliphatic carbocycles. The third kappa shape index (κ3) is 6.49. The molecule has 2 rings (SSSR count). The van der Waals surface area contributed by atoms with Gasteiger partial charge in [0.25, 0.3) is 0 Å². The summed E-state index contributed by atoms with van der Waals surface area (Å²) in [5, 5.41) is 30.2. The summed E-state index contributed by atoms with van der Waals surface area (Å²) in [6, 6.07) is 3.09. The van der Waals surface area contributed by atoms with E-state index >= 15 is 0 Å². The Balaban J connectivity index is 0.000000292. The second kappa shape index (κ2) is 10.0. The number of carbonyl (C=O) groups is 1. The lowest BCUT2D eigenvalue weighted by Crippen LogP contribution is -2.09. The Morgan fingerprint density at radius 1 is 1.07 bits per heavy atom. The van der Waals surface area contributed by atoms with Crippen molar-refractivity contribution in [3.05, 3.63) is 52.7 Å². The van der Waals surface area contributed by atoms with Gasteiger partial charge in [0.05, 0.1) is 0 Å². The van der Waals surface area contributed by atoms with Crippen LogP contribution < -0.4 is 4.74 Å². The first-order valence-electron chi connectivity index (χ1n) is 7.38. The van der Waals surface area contributed by atoms with Crippen molar-refractivity contribution in [2.75, 3.05) is 6.61 Å². The smallest absolute Gasteiger partial charge is 0.407 e. The van der Waals surface area contributed by atoms with E-state index in [1.165, 1.54) is 13.0 Å². The average molecular weight is 522 g/mol. The summed E-state index contributed by atoms with van der Waals surface area (Å²) in [4.78, 5) is 37.6. The lowest BCUT2D eigenvalue weighted by Gasteiger charge is -2.07. The van der Waals surface area contributed by atoms with Gasteiger partial charge in [0.1, 0.15) is 6.61 Å². The van der Waals surface area contributed by atoms with Crippen molar-refractivity contribution in [2.45, 2.75) is 20.8 Å². The Bertz CT molecular complexity index is 937. The van der Waals surface area contributed by atoms with E-state index in [9.17, 15) is 25.0 Å². The van der Waals surface area contributed by atoms with Crippen LogP contribution in [0.4, 0.5) is 11.6 Å². The Hall–Kier alpha value is -2.67. The summed E-state index contributed by atoms with van der Waals surface area (Å²) in [7, 11) is 0. The van der Waals surface area contributed by atoms with Crippen molar-refractivity contribution in [1.82, 2.24) is 9.97 Å². The van der Waals surface area contributed by atoms with Gasteiger partial charge in [-0.2, -0.15) is 0 Å². The molecule has 0 aromatic carbocycles. The van der Waals surface area contributed by atoms with Gasteiger partial charge in [0.2, 0.25) is 20.7 Å². The number of aryl methyl sites for hydroxylation is 2. The molecule has 150 valence electrons. The minimum Gasteiger partial charge on any atom is -0.501 e. The predicted molar refractivity (Wildman–Crippen MR) is 104 cm³/mol. The molecule has 0 amide bonds. The first-order valence-corrected chi connectivity index (χ1v) is 8.96. The number of nitro groups is 2. The van der Waals surface area contributed by atoms with Crippen molar-refractivity contribution in [3.8, 4) is 11.5 Å². The number of pyridine rings is 2. The first kappa shape index (κ1) is 23.4. The fraction of sp³-hybridized carbons (Fsp3) is 0.267. The van der Waals surface area contributed by atoms with Crippen molar-refractivity contribution in [3.63, 3.8) is 0 Å². The molecule has 2 aromatic heterocycles. The average Bonchev–Trinajstić information content (AvgIpc) is 2.56. The molecule has 13 heteroatoms. The monoisotopic (exact) mass is 520 g/mol. The predicted octanol–water partition coefficient (Wildman–Crippen LogP) is 3.79. The topological polar surface area (TPSA) is 159 Å². The molecule has 0 spiro atoms. The number of rotatable bonds is 5. The van der Waals surface area contributed by atoms with Gasteiger partial charge in [-0.1, -0.05) is 0 Å². The zero-order chi connectivity index (χ0) is 21.6. The van der Waals surface area contributed by atoms with Gasteiger partial charge in [-0.05, 0) is 40.6 Å². The molecule has 1 N–H and O–H groups in total.